The van der Waals surface area contributed by atoms with Crippen molar-refractivity contribution in [3.05, 3.63) is 59.8 Å². The third-order valence-corrected chi connectivity index (χ3v) is 7.44. The lowest BCUT2D eigenvalue weighted by molar-refractivity contribution is 0.0981. The van der Waals surface area contributed by atoms with E-state index < -0.39 is 15.9 Å². The number of nitrogens with one attached hydrogen (secondary N) is 2. The highest BCUT2D eigenvalue weighted by atomic mass is 32.2. The molecule has 2 aromatic heterocycles. The molecule has 3 heterocycles. The van der Waals surface area contributed by atoms with Gasteiger partial charge in [0.05, 0.1) is 17.5 Å². The first kappa shape index (κ1) is 23.0. The van der Waals surface area contributed by atoms with Crippen LogP contribution in [0.3, 0.4) is 0 Å². The van der Waals surface area contributed by atoms with Gasteiger partial charge in [-0.25, -0.2) is 9.71 Å². The van der Waals surface area contributed by atoms with Crippen LogP contribution in [0.15, 0.2) is 53.7 Å². The molecule has 2 atom stereocenters. The number of anilines is 1. The van der Waals surface area contributed by atoms with Gasteiger partial charge in [-0.3, -0.25) is 9.89 Å². The molecular formula is C24H29N5O3S. The molecule has 0 spiro atoms. The highest BCUT2D eigenvalue weighted by Gasteiger charge is 2.33. The van der Waals surface area contributed by atoms with E-state index in [4.69, 9.17) is 4.98 Å². The third-order valence-electron chi connectivity index (χ3n) is 6.18. The number of carbonyl (C=O) groups is 1. The van der Waals surface area contributed by atoms with Crippen molar-refractivity contribution in [3.8, 4) is 11.3 Å². The van der Waals surface area contributed by atoms with Crippen LogP contribution >= 0.6 is 0 Å². The van der Waals surface area contributed by atoms with Crippen LogP contribution in [0.4, 0.5) is 5.82 Å². The molecule has 1 fully saturated rings. The SMILES string of the molecule is CC(C)c1ccc(-c2ccc(C(=O)NS(=O)(=O)c3ccn[nH]3)c(N3[C@H](C)CC[C@@H]3C)n2)cc1. The van der Waals surface area contributed by atoms with Crippen molar-refractivity contribution in [2.24, 2.45) is 0 Å². The van der Waals surface area contributed by atoms with Crippen molar-refractivity contribution in [2.45, 2.75) is 63.6 Å². The number of carbonyl (C=O) groups excluding carboxylic acids is 1. The Kier molecular flexibility index (Phi) is 6.25. The summed E-state index contributed by atoms with van der Waals surface area (Å²) in [6, 6.07) is 13.3. The maximum atomic E-state index is 13.1. The van der Waals surface area contributed by atoms with Gasteiger partial charge in [-0.1, -0.05) is 38.1 Å². The first-order chi connectivity index (χ1) is 15.7. The number of nitrogens with zero attached hydrogens (tertiary/aromatic N) is 3. The van der Waals surface area contributed by atoms with Crippen LogP contribution < -0.4 is 9.62 Å². The highest BCUT2D eigenvalue weighted by molar-refractivity contribution is 7.90. The molecule has 0 bridgehead atoms. The maximum Gasteiger partial charge on any atom is 0.281 e. The van der Waals surface area contributed by atoms with Crippen molar-refractivity contribution in [2.75, 3.05) is 4.90 Å². The van der Waals surface area contributed by atoms with Gasteiger partial charge in [0.1, 0.15) is 5.82 Å². The van der Waals surface area contributed by atoms with Crippen LogP contribution in [0.5, 0.6) is 0 Å². The van der Waals surface area contributed by atoms with E-state index in [-0.39, 0.29) is 22.7 Å². The van der Waals surface area contributed by atoms with E-state index in [1.807, 2.05) is 12.1 Å². The average Bonchev–Trinajstić information content (AvgIpc) is 3.44. The topological polar surface area (TPSA) is 108 Å². The number of rotatable bonds is 6. The molecule has 1 aliphatic rings. The number of H-pyrrole nitrogens is 1. The number of sulfonamides is 1. The van der Waals surface area contributed by atoms with Gasteiger partial charge in [0.2, 0.25) is 0 Å². The molecule has 9 heteroatoms. The molecule has 0 unspecified atom stereocenters. The van der Waals surface area contributed by atoms with Gasteiger partial charge in [0.25, 0.3) is 15.9 Å². The Labute approximate surface area is 194 Å². The van der Waals surface area contributed by atoms with Gasteiger partial charge < -0.3 is 4.90 Å². The van der Waals surface area contributed by atoms with E-state index in [0.717, 1.165) is 24.1 Å². The number of hydrogen-bond acceptors (Lipinski definition) is 6. The minimum Gasteiger partial charge on any atom is -0.351 e. The van der Waals surface area contributed by atoms with Crippen molar-refractivity contribution >= 4 is 21.7 Å². The Balaban J connectivity index is 1.74. The summed E-state index contributed by atoms with van der Waals surface area (Å²) in [6.07, 6.45) is 3.27. The van der Waals surface area contributed by atoms with Crippen LogP contribution in [-0.4, -0.2) is 41.6 Å². The summed E-state index contributed by atoms with van der Waals surface area (Å²) in [4.78, 5) is 20.1. The fourth-order valence-corrected chi connectivity index (χ4v) is 5.14. The molecular weight excluding hydrogens is 438 g/mol. The predicted octanol–water partition coefficient (Wildman–Crippen LogP) is 4.09. The van der Waals surface area contributed by atoms with E-state index in [0.29, 0.717) is 11.7 Å². The Morgan fingerprint density at radius 2 is 1.73 bits per heavy atom. The van der Waals surface area contributed by atoms with Crippen molar-refractivity contribution in [3.63, 3.8) is 0 Å². The molecule has 4 rings (SSSR count). The highest BCUT2D eigenvalue weighted by Crippen LogP contribution is 2.33. The Morgan fingerprint density at radius 1 is 1.06 bits per heavy atom. The molecule has 0 saturated carbocycles. The van der Waals surface area contributed by atoms with Gasteiger partial charge in [-0.15, -0.1) is 0 Å². The van der Waals surface area contributed by atoms with Crippen LogP contribution in [0.1, 0.15) is 62.4 Å². The maximum absolute atomic E-state index is 13.1. The summed E-state index contributed by atoms with van der Waals surface area (Å²) < 4.78 is 27.3. The van der Waals surface area contributed by atoms with Gasteiger partial charge in [-0.05, 0) is 56.4 Å². The van der Waals surface area contributed by atoms with Gasteiger partial charge >= 0.3 is 0 Å². The minimum atomic E-state index is -4.07. The number of pyridine rings is 1. The molecule has 2 N–H and O–H groups in total. The second-order valence-electron chi connectivity index (χ2n) is 8.88. The van der Waals surface area contributed by atoms with Gasteiger partial charge in [0.15, 0.2) is 5.03 Å². The number of benzene rings is 1. The molecule has 1 aromatic carbocycles. The number of aromatic nitrogens is 3. The van der Waals surface area contributed by atoms with E-state index in [1.54, 1.807) is 12.1 Å². The Bertz CT molecular complexity index is 1230. The van der Waals surface area contributed by atoms with Crippen LogP contribution in [-0.2, 0) is 10.0 Å². The van der Waals surface area contributed by atoms with Crippen LogP contribution in [0.2, 0.25) is 0 Å². The van der Waals surface area contributed by atoms with Gasteiger partial charge in [0, 0.05) is 17.6 Å². The largest absolute Gasteiger partial charge is 0.351 e. The molecule has 1 amide bonds. The van der Waals surface area contributed by atoms with Crippen molar-refractivity contribution in [1.29, 1.82) is 0 Å². The molecule has 174 valence electrons. The van der Waals surface area contributed by atoms with Crippen LogP contribution in [0.25, 0.3) is 11.3 Å². The third kappa shape index (κ3) is 4.64. The zero-order valence-electron chi connectivity index (χ0n) is 19.2. The first-order valence-electron chi connectivity index (χ1n) is 11.1. The average molecular weight is 468 g/mol. The van der Waals surface area contributed by atoms with E-state index in [9.17, 15) is 13.2 Å². The van der Waals surface area contributed by atoms with Crippen molar-refractivity contribution in [1.82, 2.24) is 19.9 Å². The zero-order valence-corrected chi connectivity index (χ0v) is 20.1. The fraction of sp³-hybridized carbons (Fsp3) is 0.375. The summed E-state index contributed by atoms with van der Waals surface area (Å²) in [5, 5.41) is 5.87. The normalized spacial score (nSPS) is 18.6. The van der Waals surface area contributed by atoms with E-state index >= 15 is 0 Å². The van der Waals surface area contributed by atoms with Crippen LogP contribution in [0, 0.1) is 0 Å². The summed E-state index contributed by atoms with van der Waals surface area (Å²) in [7, 11) is -4.07. The molecule has 3 aromatic rings. The first-order valence-corrected chi connectivity index (χ1v) is 12.6. The van der Waals surface area contributed by atoms with Crippen molar-refractivity contribution < 1.29 is 13.2 Å². The molecule has 1 aliphatic heterocycles. The predicted molar refractivity (Wildman–Crippen MR) is 128 cm³/mol. The fourth-order valence-electron chi connectivity index (χ4n) is 4.26. The second-order valence-corrected chi connectivity index (χ2v) is 10.5. The second kappa shape index (κ2) is 8.97. The lowest BCUT2D eigenvalue weighted by Crippen LogP contribution is -2.37. The standard InChI is InChI=1S/C24H29N5O3S/c1-15(2)18-7-9-19(10-8-18)21-12-11-20(23(26-21)29-16(3)5-6-17(29)4)24(30)28-33(31,32)22-13-14-25-27-22/h7-17H,5-6H2,1-4H3,(H,25,27)(H,28,30)/t16-,17+. The molecule has 8 nitrogen and oxygen atoms in total. The Hall–Kier alpha value is -3.20. The van der Waals surface area contributed by atoms with E-state index in [2.05, 4.69) is 59.6 Å². The number of aromatic amines is 1. The lowest BCUT2D eigenvalue weighted by Gasteiger charge is -2.29. The smallest absolute Gasteiger partial charge is 0.281 e. The van der Waals surface area contributed by atoms with E-state index in [1.165, 1.54) is 17.8 Å². The summed E-state index contributed by atoms with van der Waals surface area (Å²) in [6.45, 7) is 8.48. The molecule has 1 saturated heterocycles. The quantitative estimate of drug-likeness (QED) is 0.565. The monoisotopic (exact) mass is 467 g/mol. The Morgan fingerprint density at radius 3 is 2.30 bits per heavy atom. The summed E-state index contributed by atoms with van der Waals surface area (Å²) in [5.74, 6) is 0.201. The zero-order chi connectivity index (χ0) is 23.8. The summed E-state index contributed by atoms with van der Waals surface area (Å²) in [5.41, 5.74) is 3.14. The lowest BCUT2D eigenvalue weighted by atomic mass is 10.0. The number of amides is 1. The minimum absolute atomic E-state index is 0.171. The summed E-state index contributed by atoms with van der Waals surface area (Å²) >= 11 is 0. The molecule has 0 radical (unpaired) electrons. The molecule has 33 heavy (non-hydrogen) atoms. The molecule has 0 aliphatic carbocycles. The van der Waals surface area contributed by atoms with Gasteiger partial charge in [-0.2, -0.15) is 13.5 Å². The number of hydrogen-bond donors (Lipinski definition) is 2.